The van der Waals surface area contributed by atoms with Crippen LogP contribution in [-0.2, 0) is 11.3 Å². The fourth-order valence-corrected chi connectivity index (χ4v) is 1.50. The van der Waals surface area contributed by atoms with Crippen LogP contribution < -0.4 is 10.1 Å². The van der Waals surface area contributed by atoms with Crippen molar-refractivity contribution in [2.24, 2.45) is 0 Å². The lowest BCUT2D eigenvalue weighted by Crippen LogP contribution is -2.26. The summed E-state index contributed by atoms with van der Waals surface area (Å²) in [6, 6.07) is 5.25. The van der Waals surface area contributed by atoms with E-state index in [1.165, 1.54) is 7.11 Å². The molecule has 1 aromatic rings. The second-order valence-corrected chi connectivity index (χ2v) is 4.22. The Hall–Kier alpha value is -1.75. The number of carbonyl (C=O) groups is 1. The van der Waals surface area contributed by atoms with Gasteiger partial charge in [0.2, 0.25) is 5.91 Å². The van der Waals surface area contributed by atoms with Crippen molar-refractivity contribution in [2.45, 2.75) is 13.0 Å². The van der Waals surface area contributed by atoms with E-state index in [2.05, 4.69) is 5.32 Å². The SMILES string of the molecule is COc1ccc(CNCCC(=O)N(C)C)cc1O. The van der Waals surface area contributed by atoms with E-state index in [0.29, 0.717) is 25.3 Å². The van der Waals surface area contributed by atoms with Gasteiger partial charge in [-0.3, -0.25) is 4.79 Å². The van der Waals surface area contributed by atoms with Crippen LogP contribution in [0, 0.1) is 0 Å². The monoisotopic (exact) mass is 252 g/mol. The number of nitrogens with one attached hydrogen (secondary N) is 1. The molecule has 5 nitrogen and oxygen atoms in total. The van der Waals surface area contributed by atoms with Crippen molar-refractivity contribution in [3.05, 3.63) is 23.8 Å². The number of rotatable bonds is 6. The van der Waals surface area contributed by atoms with Crippen LogP contribution in [0.25, 0.3) is 0 Å². The number of hydrogen-bond donors (Lipinski definition) is 2. The lowest BCUT2D eigenvalue weighted by atomic mass is 10.2. The molecule has 0 aliphatic carbocycles. The highest BCUT2D eigenvalue weighted by Crippen LogP contribution is 2.25. The summed E-state index contributed by atoms with van der Waals surface area (Å²) >= 11 is 0. The molecule has 0 unspecified atom stereocenters. The normalized spacial score (nSPS) is 10.2. The molecule has 0 bridgehead atoms. The molecule has 5 heteroatoms. The Morgan fingerprint density at radius 2 is 2.17 bits per heavy atom. The minimum Gasteiger partial charge on any atom is -0.504 e. The van der Waals surface area contributed by atoms with Gasteiger partial charge in [0.1, 0.15) is 0 Å². The highest BCUT2D eigenvalue weighted by molar-refractivity contribution is 5.75. The Bertz CT molecular complexity index is 405. The first-order valence-corrected chi connectivity index (χ1v) is 5.81. The summed E-state index contributed by atoms with van der Waals surface area (Å²) in [5.74, 6) is 0.683. The Balaban J connectivity index is 2.36. The second kappa shape index (κ2) is 6.86. The first kappa shape index (κ1) is 14.3. The van der Waals surface area contributed by atoms with Gasteiger partial charge in [-0.15, -0.1) is 0 Å². The predicted octanol–water partition coefficient (Wildman–Crippen LogP) is 0.969. The summed E-state index contributed by atoms with van der Waals surface area (Å²) < 4.78 is 4.96. The van der Waals surface area contributed by atoms with Crippen LogP contribution in [0.15, 0.2) is 18.2 Å². The van der Waals surface area contributed by atoms with Crippen molar-refractivity contribution in [1.29, 1.82) is 0 Å². The number of methoxy groups -OCH3 is 1. The molecule has 0 aromatic heterocycles. The molecule has 0 spiro atoms. The number of phenolic OH excluding ortho intramolecular Hbond substituents is 1. The number of phenols is 1. The summed E-state index contributed by atoms with van der Waals surface area (Å²) in [6.07, 6.45) is 0.467. The van der Waals surface area contributed by atoms with E-state index in [9.17, 15) is 9.90 Å². The molecule has 0 aliphatic rings. The molecule has 1 aromatic carbocycles. The Morgan fingerprint density at radius 3 is 2.72 bits per heavy atom. The van der Waals surface area contributed by atoms with Gasteiger partial charge >= 0.3 is 0 Å². The Labute approximate surface area is 107 Å². The number of ether oxygens (including phenoxy) is 1. The summed E-state index contributed by atoms with van der Waals surface area (Å²) in [5, 5.41) is 12.7. The van der Waals surface area contributed by atoms with E-state index < -0.39 is 0 Å². The van der Waals surface area contributed by atoms with Crippen LogP contribution >= 0.6 is 0 Å². The van der Waals surface area contributed by atoms with E-state index in [-0.39, 0.29) is 11.7 Å². The second-order valence-electron chi connectivity index (χ2n) is 4.22. The molecule has 0 atom stereocenters. The highest BCUT2D eigenvalue weighted by atomic mass is 16.5. The van der Waals surface area contributed by atoms with Gasteiger partial charge in [-0.05, 0) is 17.7 Å². The molecular weight excluding hydrogens is 232 g/mol. The van der Waals surface area contributed by atoms with Gasteiger partial charge in [0, 0.05) is 33.6 Å². The van der Waals surface area contributed by atoms with Crippen LogP contribution in [0.2, 0.25) is 0 Å². The fourth-order valence-electron chi connectivity index (χ4n) is 1.50. The van der Waals surface area contributed by atoms with Gasteiger partial charge in [-0.25, -0.2) is 0 Å². The average Bonchev–Trinajstić information content (AvgIpc) is 2.34. The molecular formula is C13H20N2O3. The zero-order valence-electron chi connectivity index (χ0n) is 11.1. The highest BCUT2D eigenvalue weighted by Gasteiger charge is 2.04. The van der Waals surface area contributed by atoms with Gasteiger partial charge in [0.15, 0.2) is 11.5 Å². The van der Waals surface area contributed by atoms with Crippen LogP contribution in [0.4, 0.5) is 0 Å². The lowest BCUT2D eigenvalue weighted by molar-refractivity contribution is -0.128. The van der Waals surface area contributed by atoms with E-state index in [1.54, 1.807) is 31.1 Å². The number of nitrogens with zero attached hydrogens (tertiary/aromatic N) is 1. The smallest absolute Gasteiger partial charge is 0.223 e. The Morgan fingerprint density at radius 1 is 1.44 bits per heavy atom. The van der Waals surface area contributed by atoms with E-state index in [0.717, 1.165) is 5.56 Å². The van der Waals surface area contributed by atoms with Crippen molar-refractivity contribution in [3.8, 4) is 11.5 Å². The largest absolute Gasteiger partial charge is 0.504 e. The first-order chi connectivity index (χ1) is 8.54. The van der Waals surface area contributed by atoms with E-state index in [4.69, 9.17) is 4.74 Å². The van der Waals surface area contributed by atoms with Crippen molar-refractivity contribution >= 4 is 5.91 Å². The van der Waals surface area contributed by atoms with E-state index in [1.807, 2.05) is 6.07 Å². The molecule has 0 radical (unpaired) electrons. The van der Waals surface area contributed by atoms with Gasteiger partial charge in [-0.2, -0.15) is 0 Å². The minimum absolute atomic E-state index is 0.0973. The molecule has 2 N–H and O–H groups in total. The third-order valence-electron chi connectivity index (χ3n) is 2.59. The summed E-state index contributed by atoms with van der Waals surface area (Å²) in [6.45, 7) is 1.22. The molecule has 100 valence electrons. The van der Waals surface area contributed by atoms with E-state index >= 15 is 0 Å². The van der Waals surface area contributed by atoms with Crippen LogP contribution in [0.5, 0.6) is 11.5 Å². The lowest BCUT2D eigenvalue weighted by Gasteiger charge is -2.11. The zero-order valence-corrected chi connectivity index (χ0v) is 11.1. The standard InChI is InChI=1S/C13H20N2O3/c1-15(2)13(17)6-7-14-9-10-4-5-12(18-3)11(16)8-10/h4-5,8,14,16H,6-7,9H2,1-3H3. The third-order valence-corrected chi connectivity index (χ3v) is 2.59. The quantitative estimate of drug-likeness (QED) is 0.741. The molecule has 0 saturated heterocycles. The van der Waals surface area contributed by atoms with Crippen molar-refractivity contribution in [2.75, 3.05) is 27.7 Å². The molecule has 0 saturated carbocycles. The van der Waals surface area contributed by atoms with Crippen molar-refractivity contribution in [3.63, 3.8) is 0 Å². The number of hydrogen-bond acceptors (Lipinski definition) is 4. The number of aromatic hydroxyl groups is 1. The van der Waals surface area contributed by atoms with Gasteiger partial charge in [0.25, 0.3) is 0 Å². The average molecular weight is 252 g/mol. The van der Waals surface area contributed by atoms with Crippen LogP contribution in [0.3, 0.4) is 0 Å². The molecule has 1 amide bonds. The summed E-state index contributed by atoms with van der Waals surface area (Å²) in [4.78, 5) is 12.9. The van der Waals surface area contributed by atoms with Gasteiger partial charge in [0.05, 0.1) is 7.11 Å². The Kier molecular flexibility index (Phi) is 5.45. The maximum absolute atomic E-state index is 11.3. The third kappa shape index (κ3) is 4.25. The maximum atomic E-state index is 11.3. The number of benzene rings is 1. The molecule has 0 fully saturated rings. The topological polar surface area (TPSA) is 61.8 Å². The van der Waals surface area contributed by atoms with Crippen LogP contribution in [-0.4, -0.2) is 43.7 Å². The maximum Gasteiger partial charge on any atom is 0.223 e. The summed E-state index contributed by atoms with van der Waals surface area (Å²) in [5.41, 5.74) is 0.950. The van der Waals surface area contributed by atoms with Crippen LogP contribution in [0.1, 0.15) is 12.0 Å². The molecule has 0 heterocycles. The number of carbonyl (C=O) groups excluding carboxylic acids is 1. The minimum atomic E-state index is 0.0973. The predicted molar refractivity (Wildman–Crippen MR) is 69.7 cm³/mol. The van der Waals surface area contributed by atoms with Gasteiger partial charge < -0.3 is 20.1 Å². The fraction of sp³-hybridized carbons (Fsp3) is 0.462. The van der Waals surface area contributed by atoms with Gasteiger partial charge in [-0.1, -0.05) is 6.07 Å². The molecule has 0 aliphatic heterocycles. The zero-order chi connectivity index (χ0) is 13.5. The van der Waals surface area contributed by atoms with Crippen molar-refractivity contribution in [1.82, 2.24) is 10.2 Å². The molecule has 1 rings (SSSR count). The summed E-state index contributed by atoms with van der Waals surface area (Å²) in [7, 11) is 4.99. The van der Waals surface area contributed by atoms with Crippen molar-refractivity contribution < 1.29 is 14.6 Å². The molecule has 18 heavy (non-hydrogen) atoms. The number of amides is 1. The first-order valence-electron chi connectivity index (χ1n) is 5.81.